The highest BCUT2D eigenvalue weighted by Crippen LogP contribution is 2.33. The lowest BCUT2D eigenvalue weighted by Gasteiger charge is -2.57. The van der Waals surface area contributed by atoms with Crippen LogP contribution in [0.4, 0.5) is 17.1 Å². The topological polar surface area (TPSA) is 9.72 Å². The van der Waals surface area contributed by atoms with E-state index in [2.05, 4.69) is 195 Å². The minimum absolute atomic E-state index is 1.27. The number of para-hydroxylation sites is 3. The maximum atomic E-state index is 2.82. The number of benzene rings is 6. The maximum Gasteiger partial charge on any atom is 0.321 e. The first-order valence-electron chi connectivity index (χ1n) is 14.2. The first-order chi connectivity index (χ1) is 20.9. The Kier molecular flexibility index (Phi) is 7.56. The number of hydrogen-bond donors (Lipinski definition) is 0. The lowest BCUT2D eigenvalue weighted by Crippen LogP contribution is -2.86. The van der Waals surface area contributed by atoms with Gasteiger partial charge in [0.05, 0.1) is 0 Å². The molecule has 6 aromatic carbocycles. The minimum atomic E-state index is -1.52. The van der Waals surface area contributed by atoms with Gasteiger partial charge in [0.1, 0.15) is 0 Å². The van der Waals surface area contributed by atoms with Gasteiger partial charge in [-0.05, 0) is 52.0 Å². The van der Waals surface area contributed by atoms with Gasteiger partial charge in [-0.1, -0.05) is 146 Å². The normalized spacial score (nSPS) is 14.7. The Labute approximate surface area is 253 Å². The van der Waals surface area contributed by atoms with Crippen molar-refractivity contribution in [1.29, 1.82) is 0 Å². The first kappa shape index (κ1) is 26.3. The van der Waals surface area contributed by atoms with Crippen LogP contribution in [0.15, 0.2) is 182 Å². The second kappa shape index (κ2) is 12.1. The van der Waals surface area contributed by atoms with Crippen molar-refractivity contribution < 1.29 is 0 Å². The summed E-state index contributed by atoms with van der Waals surface area (Å²) >= 11 is 0. The molecule has 0 bridgehead atoms. The third-order valence-corrected chi connectivity index (χ3v) is 17.9. The smallest absolute Gasteiger partial charge is 0.321 e. The van der Waals surface area contributed by atoms with E-state index in [9.17, 15) is 0 Å². The Hall–Kier alpha value is -4.63. The van der Waals surface area contributed by atoms with Crippen molar-refractivity contribution >= 4 is 60.0 Å². The molecule has 1 fully saturated rings. The van der Waals surface area contributed by atoms with Crippen LogP contribution in [-0.2, 0) is 0 Å². The van der Waals surface area contributed by atoms with Crippen LogP contribution in [0.2, 0.25) is 0 Å². The molecule has 0 saturated carbocycles. The summed E-state index contributed by atoms with van der Waals surface area (Å²) in [6.45, 7) is 0. The Bertz CT molecular complexity index is 1340. The van der Waals surface area contributed by atoms with E-state index in [-0.39, 0.29) is 0 Å². The van der Waals surface area contributed by atoms with E-state index in [0.717, 1.165) is 0 Å². The molecule has 42 heavy (non-hydrogen) atoms. The number of rotatable bonds is 6. The Morgan fingerprint density at radius 3 is 0.643 bits per heavy atom. The summed E-state index contributed by atoms with van der Waals surface area (Å²) in [6.07, 6.45) is 0. The van der Waals surface area contributed by atoms with Crippen LogP contribution in [0.3, 0.4) is 0 Å². The molecule has 1 heterocycles. The van der Waals surface area contributed by atoms with Crippen LogP contribution in [0.25, 0.3) is 0 Å². The van der Waals surface area contributed by atoms with Gasteiger partial charge in [0.25, 0.3) is 0 Å². The molecule has 1 saturated heterocycles. The molecular weight excluding hydrogens is 559 g/mol. The van der Waals surface area contributed by atoms with Crippen molar-refractivity contribution in [3.8, 4) is 0 Å². The van der Waals surface area contributed by atoms with Gasteiger partial charge in [0, 0.05) is 17.1 Å². The third-order valence-electron chi connectivity index (χ3n) is 7.41. The molecule has 6 aromatic rings. The average molecular weight is 589 g/mol. The zero-order valence-electron chi connectivity index (χ0n) is 23.2. The van der Waals surface area contributed by atoms with E-state index in [1.54, 1.807) is 0 Å². The summed E-state index contributed by atoms with van der Waals surface area (Å²) in [5, 5.41) is 4.17. The van der Waals surface area contributed by atoms with Crippen molar-refractivity contribution in [3.05, 3.63) is 182 Å². The Morgan fingerprint density at radius 2 is 0.429 bits per heavy atom. The van der Waals surface area contributed by atoms with Crippen molar-refractivity contribution in [1.82, 2.24) is 0 Å². The fourth-order valence-corrected chi connectivity index (χ4v) is 19.0. The van der Waals surface area contributed by atoms with E-state index in [1.165, 1.54) is 32.6 Å². The van der Waals surface area contributed by atoms with Gasteiger partial charge in [0.2, 0.25) is 0 Å². The Morgan fingerprint density at radius 1 is 0.238 bits per heavy atom. The largest absolute Gasteiger partial charge is 0.384 e. The van der Waals surface area contributed by atoms with Crippen LogP contribution < -0.4 is 28.3 Å². The number of anilines is 3. The molecule has 0 spiro atoms. The summed E-state index contributed by atoms with van der Waals surface area (Å²) in [6, 6.07) is 66.9. The average Bonchev–Trinajstić information content (AvgIpc) is 3.09. The second-order valence-corrected chi connectivity index (χ2v) is 17.8. The van der Waals surface area contributed by atoms with Gasteiger partial charge in [-0.3, -0.25) is 0 Å². The summed E-state index contributed by atoms with van der Waals surface area (Å²) in [4.78, 5) is 0. The highest BCUT2D eigenvalue weighted by Gasteiger charge is 2.53. The summed E-state index contributed by atoms with van der Waals surface area (Å²) in [5.74, 6) is 0. The van der Waals surface area contributed by atoms with Crippen molar-refractivity contribution in [3.63, 3.8) is 0 Å². The van der Waals surface area contributed by atoms with Gasteiger partial charge in [-0.25, -0.2) is 0 Å². The second-order valence-electron chi connectivity index (χ2n) is 10.1. The standard InChI is InChI=1S/C36H30N3Si3/c1-7-19-31(20-8-1)37-40(34-25-13-4-14-26-34)38(32-21-9-2-10-22-32)42(36-29-17-6-18-30-36)39(33-23-11-3-12-24-33)41(37)35-27-15-5-16-28-35/h1-30H. The third kappa shape index (κ3) is 5.01. The molecule has 0 amide bonds. The van der Waals surface area contributed by atoms with Crippen LogP contribution in [0.1, 0.15) is 0 Å². The van der Waals surface area contributed by atoms with Gasteiger partial charge in [0.15, 0.2) is 0 Å². The molecule has 1 aliphatic rings. The quantitative estimate of drug-likeness (QED) is 0.231. The van der Waals surface area contributed by atoms with E-state index in [4.69, 9.17) is 0 Å². The molecule has 6 heteroatoms. The van der Waals surface area contributed by atoms with Gasteiger partial charge in [-0.15, -0.1) is 0 Å². The van der Waals surface area contributed by atoms with E-state index < -0.39 is 27.4 Å². The van der Waals surface area contributed by atoms with Crippen molar-refractivity contribution in [2.24, 2.45) is 0 Å². The zero-order chi connectivity index (χ0) is 28.1. The lowest BCUT2D eigenvalue weighted by atomic mass is 10.3. The van der Waals surface area contributed by atoms with Gasteiger partial charge >= 0.3 is 27.4 Å². The minimum Gasteiger partial charge on any atom is -0.384 e. The monoisotopic (exact) mass is 588 g/mol. The molecular formula is C36H30N3Si3. The zero-order valence-corrected chi connectivity index (χ0v) is 26.2. The number of hydrogen-bond acceptors (Lipinski definition) is 3. The summed E-state index contributed by atoms with van der Waals surface area (Å²) in [5.41, 5.74) is 3.80. The predicted octanol–water partition coefficient (Wildman–Crippen LogP) is 5.71. The lowest BCUT2D eigenvalue weighted by molar-refractivity contribution is 1.29. The van der Waals surface area contributed by atoms with E-state index >= 15 is 0 Å². The first-order valence-corrected chi connectivity index (χ1v) is 18.4. The molecule has 0 unspecified atom stereocenters. The van der Waals surface area contributed by atoms with Crippen LogP contribution in [-0.4, -0.2) is 27.4 Å². The molecule has 0 atom stereocenters. The van der Waals surface area contributed by atoms with Crippen molar-refractivity contribution in [2.45, 2.75) is 0 Å². The van der Waals surface area contributed by atoms with Gasteiger partial charge in [-0.2, -0.15) is 0 Å². The highest BCUT2D eigenvalue weighted by molar-refractivity contribution is 7.14. The molecule has 3 radical (unpaired) electrons. The molecule has 7 rings (SSSR count). The summed E-state index contributed by atoms with van der Waals surface area (Å²) < 4.78 is 8.45. The van der Waals surface area contributed by atoms with Gasteiger partial charge < -0.3 is 12.7 Å². The fourth-order valence-electron chi connectivity index (χ4n) is 5.60. The van der Waals surface area contributed by atoms with E-state index in [1.807, 2.05) is 0 Å². The highest BCUT2D eigenvalue weighted by atomic mass is 28.4. The number of nitrogens with zero attached hydrogens (tertiary/aromatic N) is 3. The van der Waals surface area contributed by atoms with Crippen LogP contribution >= 0.6 is 0 Å². The maximum absolute atomic E-state index is 2.82. The molecule has 1 aliphatic heterocycles. The Balaban J connectivity index is 1.59. The molecule has 3 nitrogen and oxygen atoms in total. The fraction of sp³-hybridized carbons (Fsp3) is 0. The van der Waals surface area contributed by atoms with E-state index in [0.29, 0.717) is 0 Å². The summed E-state index contributed by atoms with van der Waals surface area (Å²) in [7, 11) is -4.56. The molecule has 0 aromatic heterocycles. The SMILES string of the molecule is c1ccc(N2[Si](c3ccccc3)N(c3ccccc3)[Si](c3ccccc3)N(c3ccccc3)[Si]2c2ccccc2)cc1. The van der Waals surface area contributed by atoms with Crippen LogP contribution in [0.5, 0.6) is 0 Å². The molecule has 0 aliphatic carbocycles. The molecule has 201 valence electrons. The van der Waals surface area contributed by atoms with Crippen LogP contribution in [0, 0.1) is 0 Å². The predicted molar refractivity (Wildman–Crippen MR) is 182 cm³/mol. The van der Waals surface area contributed by atoms with Crippen molar-refractivity contribution in [2.75, 3.05) is 12.7 Å². The molecule has 0 N–H and O–H groups in total.